The zero-order valence-electron chi connectivity index (χ0n) is 11.3. The lowest BCUT2D eigenvalue weighted by molar-refractivity contribution is 0.101. The molecule has 0 bridgehead atoms. The maximum Gasteiger partial charge on any atom is 0.165 e. The number of aromatic nitrogens is 1. The molecule has 0 saturated carbocycles. The molecule has 0 amide bonds. The predicted molar refractivity (Wildman–Crippen MR) is 74.5 cm³/mol. The second-order valence-electron chi connectivity index (χ2n) is 4.48. The van der Waals surface area contributed by atoms with Gasteiger partial charge in [0, 0.05) is 12.4 Å². The molecule has 0 fully saturated rings. The highest BCUT2D eigenvalue weighted by Gasteiger charge is 2.12. The molecule has 0 N–H and O–H groups in total. The summed E-state index contributed by atoms with van der Waals surface area (Å²) in [6.45, 7) is 1.77. The Balaban J connectivity index is 1.93. The summed E-state index contributed by atoms with van der Waals surface area (Å²) in [5, 5.41) is 0. The molecule has 1 aromatic carbocycles. The first-order valence-electron chi connectivity index (χ1n) is 6.49. The fourth-order valence-corrected chi connectivity index (χ4v) is 1.93. The minimum absolute atomic E-state index is 0.0507. The van der Waals surface area contributed by atoms with Gasteiger partial charge in [-0.25, -0.2) is 4.39 Å². The van der Waals surface area contributed by atoms with E-state index < -0.39 is 5.82 Å². The monoisotopic (exact) mass is 273 g/mol. The number of hydrogen-bond donors (Lipinski definition) is 0. The molecule has 0 radical (unpaired) electrons. The molecule has 4 heteroatoms. The van der Waals surface area contributed by atoms with E-state index in [9.17, 15) is 9.18 Å². The van der Waals surface area contributed by atoms with E-state index in [0.29, 0.717) is 6.61 Å². The number of para-hydroxylation sites is 1. The van der Waals surface area contributed by atoms with Crippen LogP contribution < -0.4 is 4.74 Å². The number of hydrogen-bond acceptors (Lipinski definition) is 3. The summed E-state index contributed by atoms with van der Waals surface area (Å²) in [5.41, 5.74) is 1.44. The molecule has 104 valence electrons. The number of carbonyl (C=O) groups excluding carboxylic acids is 1. The first-order valence-corrected chi connectivity index (χ1v) is 6.49. The number of pyridine rings is 1. The van der Waals surface area contributed by atoms with Crippen molar-refractivity contribution in [1.29, 1.82) is 0 Å². The van der Waals surface area contributed by atoms with Crippen LogP contribution in [-0.2, 0) is 6.42 Å². The van der Waals surface area contributed by atoms with Crippen LogP contribution in [-0.4, -0.2) is 17.4 Å². The fourth-order valence-electron chi connectivity index (χ4n) is 1.93. The first kappa shape index (κ1) is 14.2. The highest BCUT2D eigenvalue weighted by Crippen LogP contribution is 2.23. The van der Waals surface area contributed by atoms with Crippen LogP contribution in [0.2, 0.25) is 0 Å². The Morgan fingerprint density at radius 2 is 2.00 bits per heavy atom. The third-order valence-corrected chi connectivity index (χ3v) is 2.95. The smallest absolute Gasteiger partial charge is 0.165 e. The highest BCUT2D eigenvalue weighted by atomic mass is 19.1. The Morgan fingerprint density at radius 1 is 1.25 bits per heavy atom. The quantitative estimate of drug-likeness (QED) is 0.598. The molecule has 0 atom stereocenters. The van der Waals surface area contributed by atoms with Crippen molar-refractivity contribution < 1.29 is 13.9 Å². The molecular weight excluding hydrogens is 257 g/mol. The number of ketones is 1. The lowest BCUT2D eigenvalue weighted by Crippen LogP contribution is -2.06. The molecule has 1 aromatic heterocycles. The predicted octanol–water partition coefficient (Wildman–Crippen LogP) is 3.43. The van der Waals surface area contributed by atoms with E-state index in [4.69, 9.17) is 4.74 Å². The molecule has 0 unspecified atom stereocenters. The van der Waals surface area contributed by atoms with Gasteiger partial charge in [0.05, 0.1) is 12.2 Å². The average Bonchev–Trinajstić information content (AvgIpc) is 2.45. The molecule has 0 aliphatic carbocycles. The van der Waals surface area contributed by atoms with Crippen LogP contribution in [0.1, 0.15) is 29.3 Å². The molecule has 0 aliphatic rings. The number of rotatable bonds is 6. The summed E-state index contributed by atoms with van der Waals surface area (Å²) in [6.07, 6.45) is 5.05. The summed E-state index contributed by atoms with van der Waals surface area (Å²) in [7, 11) is 0. The lowest BCUT2D eigenvalue weighted by atomic mass is 10.1. The van der Waals surface area contributed by atoms with Crippen LogP contribution in [0.25, 0.3) is 0 Å². The third-order valence-electron chi connectivity index (χ3n) is 2.95. The fraction of sp³-hybridized carbons (Fsp3) is 0.250. The summed E-state index contributed by atoms with van der Waals surface area (Å²) < 4.78 is 19.1. The van der Waals surface area contributed by atoms with Gasteiger partial charge >= 0.3 is 0 Å². The number of aryl methyl sites for hydroxylation is 1. The van der Waals surface area contributed by atoms with E-state index in [-0.39, 0.29) is 17.1 Å². The highest BCUT2D eigenvalue weighted by molar-refractivity contribution is 5.96. The molecular formula is C16H16FNO2. The SMILES string of the molecule is CC(=O)c1cccc(F)c1OCCCc1ccncc1. The number of nitrogens with zero attached hydrogens (tertiary/aromatic N) is 1. The number of Topliss-reactive ketones (excluding diaryl/α,β-unsaturated/α-hetero) is 1. The maximum absolute atomic E-state index is 13.7. The molecule has 20 heavy (non-hydrogen) atoms. The zero-order chi connectivity index (χ0) is 14.4. The van der Waals surface area contributed by atoms with Crippen LogP contribution >= 0.6 is 0 Å². The van der Waals surface area contributed by atoms with Gasteiger partial charge in [0.15, 0.2) is 17.3 Å². The van der Waals surface area contributed by atoms with Gasteiger partial charge in [-0.15, -0.1) is 0 Å². The van der Waals surface area contributed by atoms with Crippen molar-refractivity contribution in [2.45, 2.75) is 19.8 Å². The summed E-state index contributed by atoms with van der Waals surface area (Å²) in [4.78, 5) is 15.4. The van der Waals surface area contributed by atoms with Gasteiger partial charge in [-0.3, -0.25) is 9.78 Å². The van der Waals surface area contributed by atoms with Crippen molar-refractivity contribution in [1.82, 2.24) is 4.98 Å². The zero-order valence-corrected chi connectivity index (χ0v) is 11.3. The van der Waals surface area contributed by atoms with Gasteiger partial charge in [0.2, 0.25) is 0 Å². The number of carbonyl (C=O) groups is 1. The van der Waals surface area contributed by atoms with E-state index in [2.05, 4.69) is 4.98 Å². The van der Waals surface area contributed by atoms with Crippen molar-refractivity contribution in [2.24, 2.45) is 0 Å². The Hall–Kier alpha value is -2.23. The standard InChI is InChI=1S/C16H16FNO2/c1-12(19)14-5-2-6-15(17)16(14)20-11-3-4-13-7-9-18-10-8-13/h2,5-10H,3-4,11H2,1H3. The molecule has 0 saturated heterocycles. The normalized spacial score (nSPS) is 10.3. The maximum atomic E-state index is 13.7. The molecule has 2 rings (SSSR count). The molecule has 0 aliphatic heterocycles. The van der Waals surface area contributed by atoms with E-state index in [1.165, 1.54) is 19.1 Å². The van der Waals surface area contributed by atoms with Crippen molar-refractivity contribution in [2.75, 3.05) is 6.61 Å². The van der Waals surface area contributed by atoms with E-state index in [1.54, 1.807) is 18.5 Å². The van der Waals surface area contributed by atoms with Crippen molar-refractivity contribution in [3.63, 3.8) is 0 Å². The average molecular weight is 273 g/mol. The van der Waals surface area contributed by atoms with Crippen LogP contribution in [0.15, 0.2) is 42.7 Å². The van der Waals surface area contributed by atoms with Crippen molar-refractivity contribution in [3.05, 3.63) is 59.7 Å². The van der Waals surface area contributed by atoms with Gasteiger partial charge < -0.3 is 4.74 Å². The Labute approximate surface area is 117 Å². The van der Waals surface area contributed by atoms with E-state index in [1.807, 2.05) is 12.1 Å². The largest absolute Gasteiger partial charge is 0.490 e. The van der Waals surface area contributed by atoms with Gasteiger partial charge in [0.25, 0.3) is 0 Å². The summed E-state index contributed by atoms with van der Waals surface area (Å²) >= 11 is 0. The second-order valence-corrected chi connectivity index (χ2v) is 4.48. The lowest BCUT2D eigenvalue weighted by Gasteiger charge is -2.10. The number of benzene rings is 1. The molecule has 3 nitrogen and oxygen atoms in total. The van der Waals surface area contributed by atoms with Gasteiger partial charge in [-0.2, -0.15) is 0 Å². The first-order chi connectivity index (χ1) is 9.68. The van der Waals surface area contributed by atoms with Crippen LogP contribution in [0.5, 0.6) is 5.75 Å². The number of halogens is 1. The van der Waals surface area contributed by atoms with Crippen LogP contribution in [0.3, 0.4) is 0 Å². The number of ether oxygens (including phenoxy) is 1. The van der Waals surface area contributed by atoms with Crippen LogP contribution in [0, 0.1) is 5.82 Å². The third kappa shape index (κ3) is 3.63. The summed E-state index contributed by atoms with van der Waals surface area (Å²) in [5.74, 6) is -0.648. The Kier molecular flexibility index (Phi) is 4.82. The Bertz CT molecular complexity index is 584. The van der Waals surface area contributed by atoms with Crippen molar-refractivity contribution >= 4 is 5.78 Å². The molecule has 1 heterocycles. The van der Waals surface area contributed by atoms with Gasteiger partial charge in [-0.05, 0) is 49.6 Å². The summed E-state index contributed by atoms with van der Waals surface area (Å²) in [6, 6.07) is 8.25. The minimum Gasteiger partial charge on any atom is -0.490 e. The molecule has 0 spiro atoms. The minimum atomic E-state index is -0.499. The van der Waals surface area contributed by atoms with E-state index in [0.717, 1.165) is 18.4 Å². The topological polar surface area (TPSA) is 39.2 Å². The van der Waals surface area contributed by atoms with E-state index >= 15 is 0 Å². The van der Waals surface area contributed by atoms with Crippen LogP contribution in [0.4, 0.5) is 4.39 Å². The van der Waals surface area contributed by atoms with Crippen molar-refractivity contribution in [3.8, 4) is 5.75 Å². The molecule has 2 aromatic rings. The van der Waals surface area contributed by atoms with Gasteiger partial charge in [-0.1, -0.05) is 6.07 Å². The van der Waals surface area contributed by atoms with Gasteiger partial charge in [0.1, 0.15) is 0 Å². The second kappa shape index (κ2) is 6.80. The Morgan fingerprint density at radius 3 is 2.70 bits per heavy atom.